The van der Waals surface area contributed by atoms with Crippen molar-refractivity contribution in [2.45, 2.75) is 12.8 Å². The third kappa shape index (κ3) is 2.20. The standard InChI is InChI=1S/C16H11BrN2O3/c1-8-6-12-14(16(20)21-8)13(10(7-18)15(19)22-12)9-4-2-3-5-11(9)17/h2-6,13H,19H2,1H3. The molecule has 6 heteroatoms. The van der Waals surface area contributed by atoms with E-state index in [4.69, 9.17) is 14.9 Å². The number of hydrogen-bond acceptors (Lipinski definition) is 5. The van der Waals surface area contributed by atoms with Crippen molar-refractivity contribution in [1.82, 2.24) is 0 Å². The number of ether oxygens (including phenoxy) is 1. The van der Waals surface area contributed by atoms with E-state index in [1.54, 1.807) is 13.0 Å². The van der Waals surface area contributed by atoms with E-state index >= 15 is 0 Å². The van der Waals surface area contributed by atoms with Gasteiger partial charge < -0.3 is 14.9 Å². The largest absolute Gasteiger partial charge is 0.440 e. The highest BCUT2D eigenvalue weighted by atomic mass is 79.9. The van der Waals surface area contributed by atoms with Crippen LogP contribution in [0.15, 0.2) is 55.5 Å². The molecule has 0 amide bonds. The van der Waals surface area contributed by atoms with Crippen molar-refractivity contribution in [1.29, 1.82) is 5.26 Å². The average Bonchev–Trinajstić information content (AvgIpc) is 2.46. The Labute approximate surface area is 134 Å². The molecule has 0 saturated carbocycles. The molecule has 3 rings (SSSR count). The predicted molar refractivity (Wildman–Crippen MR) is 83.2 cm³/mol. The second-order valence-electron chi connectivity index (χ2n) is 4.87. The van der Waals surface area contributed by atoms with Crippen molar-refractivity contribution in [3.05, 3.63) is 73.6 Å². The molecular formula is C16H11BrN2O3. The van der Waals surface area contributed by atoms with Crippen LogP contribution in [0.5, 0.6) is 5.75 Å². The lowest BCUT2D eigenvalue weighted by molar-refractivity contribution is 0.371. The zero-order valence-electron chi connectivity index (χ0n) is 11.6. The SMILES string of the molecule is Cc1cc2c(c(=O)o1)C(c1ccccc1Br)C(C#N)=C(N)O2. The van der Waals surface area contributed by atoms with Gasteiger partial charge in [0.25, 0.3) is 0 Å². The van der Waals surface area contributed by atoms with E-state index in [2.05, 4.69) is 15.9 Å². The topological polar surface area (TPSA) is 89.2 Å². The first-order valence-electron chi connectivity index (χ1n) is 6.49. The number of halogens is 1. The fraction of sp³-hybridized carbons (Fsp3) is 0.125. The van der Waals surface area contributed by atoms with Gasteiger partial charge in [-0.1, -0.05) is 34.1 Å². The van der Waals surface area contributed by atoms with E-state index in [1.165, 1.54) is 0 Å². The number of benzene rings is 1. The van der Waals surface area contributed by atoms with E-state index in [-0.39, 0.29) is 17.0 Å². The third-order valence-electron chi connectivity index (χ3n) is 3.47. The number of allylic oxidation sites excluding steroid dienone is 1. The van der Waals surface area contributed by atoms with E-state index < -0.39 is 11.5 Å². The van der Waals surface area contributed by atoms with Gasteiger partial charge in [0.2, 0.25) is 5.88 Å². The maximum absolute atomic E-state index is 12.3. The van der Waals surface area contributed by atoms with Gasteiger partial charge in [0, 0.05) is 10.5 Å². The average molecular weight is 359 g/mol. The molecule has 0 bridgehead atoms. The summed E-state index contributed by atoms with van der Waals surface area (Å²) in [6, 6.07) is 11.0. The van der Waals surface area contributed by atoms with E-state index in [1.807, 2.05) is 30.3 Å². The molecule has 0 fully saturated rings. The first-order chi connectivity index (χ1) is 10.5. The van der Waals surface area contributed by atoms with Gasteiger partial charge in [-0.3, -0.25) is 0 Å². The zero-order chi connectivity index (χ0) is 15.9. The summed E-state index contributed by atoms with van der Waals surface area (Å²) in [5, 5.41) is 9.44. The maximum Gasteiger partial charge on any atom is 0.343 e. The van der Waals surface area contributed by atoms with Crippen LogP contribution >= 0.6 is 15.9 Å². The van der Waals surface area contributed by atoms with Crippen LogP contribution in [0, 0.1) is 18.3 Å². The summed E-state index contributed by atoms with van der Waals surface area (Å²) >= 11 is 3.45. The summed E-state index contributed by atoms with van der Waals surface area (Å²) in [4.78, 5) is 12.3. The smallest absolute Gasteiger partial charge is 0.343 e. The summed E-state index contributed by atoms with van der Waals surface area (Å²) in [6.45, 7) is 1.65. The Morgan fingerprint density at radius 3 is 2.77 bits per heavy atom. The number of fused-ring (bicyclic) bond motifs is 1. The lowest BCUT2D eigenvalue weighted by atomic mass is 9.84. The summed E-state index contributed by atoms with van der Waals surface area (Å²) in [5.41, 5.74) is 6.56. The summed E-state index contributed by atoms with van der Waals surface area (Å²) in [5.74, 6) is 0.121. The van der Waals surface area contributed by atoms with Gasteiger partial charge in [-0.15, -0.1) is 0 Å². The van der Waals surface area contributed by atoms with Gasteiger partial charge in [-0.2, -0.15) is 5.26 Å². The van der Waals surface area contributed by atoms with Crippen molar-refractivity contribution in [2.75, 3.05) is 0 Å². The van der Waals surface area contributed by atoms with Crippen molar-refractivity contribution in [2.24, 2.45) is 5.73 Å². The molecule has 0 spiro atoms. The maximum atomic E-state index is 12.3. The van der Waals surface area contributed by atoms with Crippen molar-refractivity contribution in [3.63, 3.8) is 0 Å². The molecule has 0 saturated heterocycles. The predicted octanol–water partition coefficient (Wildman–Crippen LogP) is 2.93. The Bertz CT molecular complexity index is 893. The van der Waals surface area contributed by atoms with E-state index in [0.29, 0.717) is 11.5 Å². The van der Waals surface area contributed by atoms with Crippen molar-refractivity contribution < 1.29 is 9.15 Å². The Kier molecular flexibility index (Phi) is 3.51. The highest BCUT2D eigenvalue weighted by molar-refractivity contribution is 9.10. The van der Waals surface area contributed by atoms with Crippen LogP contribution in [0.25, 0.3) is 0 Å². The normalized spacial score (nSPS) is 16.7. The molecule has 2 heterocycles. The highest BCUT2D eigenvalue weighted by Gasteiger charge is 2.35. The van der Waals surface area contributed by atoms with Gasteiger partial charge in [0.1, 0.15) is 23.2 Å². The van der Waals surface area contributed by atoms with Crippen LogP contribution in [0.1, 0.15) is 22.8 Å². The minimum absolute atomic E-state index is 0.000697. The van der Waals surface area contributed by atoms with Gasteiger partial charge in [-0.05, 0) is 18.6 Å². The molecule has 2 aromatic rings. The van der Waals surface area contributed by atoms with Gasteiger partial charge in [0.15, 0.2) is 0 Å². The van der Waals surface area contributed by atoms with Crippen LogP contribution in [0.4, 0.5) is 0 Å². The molecule has 5 nitrogen and oxygen atoms in total. The van der Waals surface area contributed by atoms with E-state index in [9.17, 15) is 10.1 Å². The number of nitriles is 1. The molecule has 1 aromatic heterocycles. The number of nitrogens with two attached hydrogens (primary N) is 1. The zero-order valence-corrected chi connectivity index (χ0v) is 13.2. The molecule has 22 heavy (non-hydrogen) atoms. The Balaban J connectivity index is 2.35. The monoisotopic (exact) mass is 358 g/mol. The third-order valence-corrected chi connectivity index (χ3v) is 4.19. The van der Waals surface area contributed by atoms with E-state index in [0.717, 1.165) is 10.0 Å². The van der Waals surface area contributed by atoms with Crippen molar-refractivity contribution >= 4 is 15.9 Å². The van der Waals surface area contributed by atoms with Crippen LogP contribution < -0.4 is 16.1 Å². The summed E-state index contributed by atoms with van der Waals surface area (Å²) in [6.07, 6.45) is 0. The lowest BCUT2D eigenvalue weighted by Gasteiger charge is -2.25. The number of hydrogen-bond donors (Lipinski definition) is 1. The molecule has 0 radical (unpaired) electrons. The quantitative estimate of drug-likeness (QED) is 0.846. The molecule has 1 aliphatic rings. The van der Waals surface area contributed by atoms with Crippen LogP contribution in [0.2, 0.25) is 0 Å². The molecule has 2 N–H and O–H groups in total. The molecule has 1 unspecified atom stereocenters. The molecule has 110 valence electrons. The van der Waals surface area contributed by atoms with Gasteiger partial charge in [0.05, 0.1) is 11.5 Å². The molecular weight excluding hydrogens is 348 g/mol. The summed E-state index contributed by atoms with van der Waals surface area (Å²) < 4.78 is 11.4. The Hall–Kier alpha value is -2.52. The fourth-order valence-electron chi connectivity index (χ4n) is 2.54. The van der Waals surface area contributed by atoms with Gasteiger partial charge >= 0.3 is 5.63 Å². The number of nitrogens with zero attached hydrogens (tertiary/aromatic N) is 1. The Morgan fingerprint density at radius 1 is 1.36 bits per heavy atom. The van der Waals surface area contributed by atoms with Crippen molar-refractivity contribution in [3.8, 4) is 11.8 Å². The molecule has 1 atom stereocenters. The molecule has 1 aliphatic heterocycles. The lowest BCUT2D eigenvalue weighted by Crippen LogP contribution is -2.26. The molecule has 0 aliphatic carbocycles. The number of rotatable bonds is 1. The van der Waals surface area contributed by atoms with Crippen LogP contribution in [0.3, 0.4) is 0 Å². The Morgan fingerprint density at radius 2 is 2.09 bits per heavy atom. The first kappa shape index (κ1) is 14.4. The minimum atomic E-state index is -0.624. The van der Waals surface area contributed by atoms with Crippen LogP contribution in [-0.2, 0) is 0 Å². The van der Waals surface area contributed by atoms with Gasteiger partial charge in [-0.25, -0.2) is 4.79 Å². The fourth-order valence-corrected chi connectivity index (χ4v) is 3.05. The minimum Gasteiger partial charge on any atom is -0.440 e. The second-order valence-corrected chi connectivity index (χ2v) is 5.72. The first-order valence-corrected chi connectivity index (χ1v) is 7.29. The molecule has 1 aromatic carbocycles. The van der Waals surface area contributed by atoms with Crippen LogP contribution in [-0.4, -0.2) is 0 Å². The second kappa shape index (κ2) is 5.35. The number of aryl methyl sites for hydroxylation is 1. The highest BCUT2D eigenvalue weighted by Crippen LogP contribution is 2.42. The summed E-state index contributed by atoms with van der Waals surface area (Å²) in [7, 11) is 0.